The molecular formula is C19H20ClN3O3S2. The summed E-state index contributed by atoms with van der Waals surface area (Å²) < 4.78 is 7.10. The number of hydrogen-bond acceptors (Lipinski definition) is 6. The van der Waals surface area contributed by atoms with Gasteiger partial charge in [-0.3, -0.25) is 14.2 Å². The fourth-order valence-corrected chi connectivity index (χ4v) is 5.23. The molecule has 1 aromatic heterocycles. The topological polar surface area (TPSA) is 73.2 Å². The number of carbonyl (C=O) groups excluding carboxylic acids is 1. The van der Waals surface area contributed by atoms with Gasteiger partial charge in [-0.05, 0) is 37.1 Å². The smallest absolute Gasteiger partial charge is 0.272 e. The van der Waals surface area contributed by atoms with Crippen molar-refractivity contribution in [3.63, 3.8) is 0 Å². The number of hydrogen-bond donors (Lipinski definition) is 1. The zero-order valence-corrected chi connectivity index (χ0v) is 17.5. The lowest BCUT2D eigenvalue weighted by molar-refractivity contribution is -0.119. The van der Waals surface area contributed by atoms with Crippen molar-refractivity contribution in [1.82, 2.24) is 14.9 Å². The summed E-state index contributed by atoms with van der Waals surface area (Å²) in [6, 6.07) is 7.07. The summed E-state index contributed by atoms with van der Waals surface area (Å²) in [4.78, 5) is 30.7. The molecule has 0 saturated carbocycles. The second-order valence-corrected chi connectivity index (χ2v) is 9.10. The Morgan fingerprint density at radius 2 is 2.21 bits per heavy atom. The first-order valence-corrected chi connectivity index (χ1v) is 11.5. The molecular weight excluding hydrogens is 418 g/mol. The van der Waals surface area contributed by atoms with E-state index in [-0.39, 0.29) is 23.3 Å². The lowest BCUT2D eigenvalue weighted by Gasteiger charge is -2.14. The Bertz CT molecular complexity index is 927. The van der Waals surface area contributed by atoms with E-state index >= 15 is 0 Å². The van der Waals surface area contributed by atoms with Crippen molar-refractivity contribution in [3.05, 3.63) is 45.3 Å². The van der Waals surface area contributed by atoms with Crippen molar-refractivity contribution in [2.75, 3.05) is 24.7 Å². The second-order valence-electron chi connectivity index (χ2n) is 6.61. The van der Waals surface area contributed by atoms with Crippen molar-refractivity contribution in [2.45, 2.75) is 35.4 Å². The van der Waals surface area contributed by atoms with Crippen molar-refractivity contribution >= 4 is 41.0 Å². The van der Waals surface area contributed by atoms with Gasteiger partial charge >= 0.3 is 0 Å². The Labute approximate surface area is 176 Å². The highest BCUT2D eigenvalue weighted by Gasteiger charge is 2.23. The average molecular weight is 438 g/mol. The second kappa shape index (κ2) is 8.90. The first-order chi connectivity index (χ1) is 13.6. The zero-order valence-electron chi connectivity index (χ0n) is 15.2. The van der Waals surface area contributed by atoms with E-state index in [0.29, 0.717) is 27.3 Å². The molecule has 0 bridgehead atoms. The molecule has 2 aromatic rings. The highest BCUT2D eigenvalue weighted by atomic mass is 35.5. The summed E-state index contributed by atoms with van der Waals surface area (Å²) in [6.45, 7) is 1.29. The van der Waals surface area contributed by atoms with Gasteiger partial charge in [-0.25, -0.2) is 4.98 Å². The van der Waals surface area contributed by atoms with Crippen molar-refractivity contribution < 1.29 is 9.53 Å². The molecule has 0 radical (unpaired) electrons. The highest BCUT2D eigenvalue weighted by Crippen LogP contribution is 2.30. The molecule has 9 heteroatoms. The van der Waals surface area contributed by atoms with Crippen LogP contribution in [-0.4, -0.2) is 46.2 Å². The number of thioether (sulfide) groups is 2. The average Bonchev–Trinajstić information content (AvgIpc) is 3.37. The van der Waals surface area contributed by atoms with Gasteiger partial charge in [0, 0.05) is 30.3 Å². The molecule has 0 spiro atoms. The number of benzene rings is 1. The number of fused-ring (bicyclic) bond motifs is 1. The quantitative estimate of drug-likeness (QED) is 0.553. The summed E-state index contributed by atoms with van der Waals surface area (Å²) >= 11 is 8.80. The normalized spacial score (nSPS) is 18.2. The van der Waals surface area contributed by atoms with Crippen LogP contribution in [0.4, 0.5) is 0 Å². The maximum atomic E-state index is 13.1. The molecule has 6 nitrogen and oxygen atoms in total. The van der Waals surface area contributed by atoms with Gasteiger partial charge in [0.2, 0.25) is 5.91 Å². The van der Waals surface area contributed by atoms with Crippen LogP contribution in [0, 0.1) is 0 Å². The van der Waals surface area contributed by atoms with E-state index in [1.165, 1.54) is 23.5 Å². The first kappa shape index (κ1) is 19.8. The monoisotopic (exact) mass is 437 g/mol. The molecule has 4 rings (SSSR count). The van der Waals surface area contributed by atoms with Crippen molar-refractivity contribution in [2.24, 2.45) is 0 Å². The van der Waals surface area contributed by atoms with Gasteiger partial charge in [-0.1, -0.05) is 23.4 Å². The van der Waals surface area contributed by atoms with Crippen LogP contribution in [0.25, 0.3) is 5.69 Å². The number of nitrogens with one attached hydrogen (secondary N) is 1. The number of rotatable bonds is 6. The van der Waals surface area contributed by atoms with E-state index in [1.807, 2.05) is 0 Å². The fourth-order valence-electron chi connectivity index (χ4n) is 3.22. The molecule has 1 atom stereocenters. The fraction of sp³-hybridized carbons (Fsp3) is 0.421. The summed E-state index contributed by atoms with van der Waals surface area (Å²) in [5, 5.41) is 4.04. The SMILES string of the molecule is O=C(CSc1nc2c(c(=O)n1-c1ccc(Cl)cc1)SCC2)NCC1CCCO1. The summed E-state index contributed by atoms with van der Waals surface area (Å²) in [7, 11) is 0. The Kier molecular flexibility index (Phi) is 6.30. The van der Waals surface area contributed by atoms with Crippen molar-refractivity contribution in [3.8, 4) is 5.69 Å². The van der Waals surface area contributed by atoms with E-state index in [9.17, 15) is 9.59 Å². The number of ether oxygens (including phenoxy) is 1. The molecule has 1 amide bonds. The predicted molar refractivity (Wildman–Crippen MR) is 112 cm³/mol. The Morgan fingerprint density at radius 1 is 1.39 bits per heavy atom. The van der Waals surface area contributed by atoms with Crippen LogP contribution in [-0.2, 0) is 16.0 Å². The van der Waals surface area contributed by atoms with Crippen LogP contribution in [0.5, 0.6) is 0 Å². The maximum absolute atomic E-state index is 13.1. The number of aryl methyl sites for hydroxylation is 1. The van der Waals surface area contributed by atoms with E-state index < -0.39 is 0 Å². The number of halogens is 1. The van der Waals surface area contributed by atoms with Crippen LogP contribution in [0.1, 0.15) is 18.5 Å². The van der Waals surface area contributed by atoms with E-state index in [2.05, 4.69) is 10.3 Å². The Balaban J connectivity index is 1.53. The molecule has 1 aromatic carbocycles. The Morgan fingerprint density at radius 3 is 2.96 bits per heavy atom. The van der Waals surface area contributed by atoms with E-state index in [1.54, 1.807) is 28.8 Å². The van der Waals surface area contributed by atoms with Gasteiger partial charge in [0.1, 0.15) is 0 Å². The van der Waals surface area contributed by atoms with Gasteiger partial charge < -0.3 is 10.1 Å². The molecule has 1 unspecified atom stereocenters. The molecule has 1 fully saturated rings. The minimum absolute atomic E-state index is 0.0860. The third kappa shape index (κ3) is 4.40. The summed E-state index contributed by atoms with van der Waals surface area (Å²) in [5.74, 6) is 0.958. The molecule has 1 N–H and O–H groups in total. The molecule has 3 heterocycles. The van der Waals surface area contributed by atoms with Crippen LogP contribution in [0.15, 0.2) is 39.1 Å². The lowest BCUT2D eigenvalue weighted by Crippen LogP contribution is -2.33. The van der Waals surface area contributed by atoms with Crippen LogP contribution in [0.3, 0.4) is 0 Å². The molecule has 0 aliphatic carbocycles. The highest BCUT2D eigenvalue weighted by molar-refractivity contribution is 8.00. The third-order valence-electron chi connectivity index (χ3n) is 4.63. The van der Waals surface area contributed by atoms with Crippen molar-refractivity contribution in [1.29, 1.82) is 0 Å². The lowest BCUT2D eigenvalue weighted by atomic mass is 10.2. The summed E-state index contributed by atoms with van der Waals surface area (Å²) in [6.07, 6.45) is 2.90. The van der Waals surface area contributed by atoms with Gasteiger partial charge in [-0.2, -0.15) is 0 Å². The maximum Gasteiger partial charge on any atom is 0.272 e. The van der Waals surface area contributed by atoms with Gasteiger partial charge in [0.25, 0.3) is 5.56 Å². The standard InChI is InChI=1S/C19H20ClN3O3S2/c20-12-3-5-13(6-4-12)23-18(25)17-15(7-9-27-17)22-19(23)28-11-16(24)21-10-14-2-1-8-26-14/h3-6,14H,1-2,7-11H2,(H,21,24). The molecule has 28 heavy (non-hydrogen) atoms. The number of carbonyl (C=O) groups is 1. The minimum atomic E-state index is -0.0905. The van der Waals surface area contributed by atoms with Gasteiger partial charge in [0.05, 0.1) is 28.1 Å². The van der Waals surface area contributed by atoms with E-state index in [4.69, 9.17) is 16.3 Å². The van der Waals surface area contributed by atoms with Gasteiger partial charge in [-0.15, -0.1) is 11.8 Å². The zero-order chi connectivity index (χ0) is 19.5. The number of nitrogens with zero attached hydrogens (tertiary/aromatic N) is 2. The summed E-state index contributed by atoms with van der Waals surface area (Å²) in [5.41, 5.74) is 1.43. The minimum Gasteiger partial charge on any atom is -0.376 e. The number of amides is 1. The molecule has 2 aliphatic rings. The van der Waals surface area contributed by atoms with Crippen LogP contribution >= 0.6 is 35.1 Å². The first-order valence-electron chi connectivity index (χ1n) is 9.17. The molecule has 1 saturated heterocycles. The largest absolute Gasteiger partial charge is 0.376 e. The predicted octanol–water partition coefficient (Wildman–Crippen LogP) is 2.92. The number of aromatic nitrogens is 2. The van der Waals surface area contributed by atoms with Crippen LogP contribution < -0.4 is 10.9 Å². The van der Waals surface area contributed by atoms with E-state index in [0.717, 1.165) is 37.3 Å². The third-order valence-corrected chi connectivity index (χ3v) is 6.93. The Hall–Kier alpha value is -1.48. The molecule has 2 aliphatic heterocycles. The molecule has 148 valence electrons. The van der Waals surface area contributed by atoms with Crippen LogP contribution in [0.2, 0.25) is 5.02 Å². The van der Waals surface area contributed by atoms with Gasteiger partial charge in [0.15, 0.2) is 5.16 Å².